The molecule has 30 heavy (non-hydrogen) atoms. The first-order chi connectivity index (χ1) is 14.7. The van der Waals surface area contributed by atoms with E-state index in [2.05, 4.69) is 31.1 Å². The minimum Gasteiger partial charge on any atom is -0.367 e. The first-order valence-electron chi connectivity index (χ1n) is 9.72. The van der Waals surface area contributed by atoms with Crippen molar-refractivity contribution >= 4 is 34.1 Å². The number of carbonyl (C=O) groups excluding carboxylic acids is 1. The van der Waals surface area contributed by atoms with Gasteiger partial charge in [-0.3, -0.25) is 4.79 Å². The summed E-state index contributed by atoms with van der Waals surface area (Å²) in [4.78, 5) is 16.6. The number of aromatic nitrogens is 3. The van der Waals surface area contributed by atoms with Gasteiger partial charge in [0.15, 0.2) is 5.82 Å². The van der Waals surface area contributed by atoms with E-state index in [1.165, 1.54) is 0 Å². The molecule has 3 N–H and O–H groups in total. The standard InChI is InChI=1S/C23H22N6O/c1-16-6-9-20(26-15-16)27-22-11-10-21(28-29-22)24-12-13-25-23(30)19-8-7-17-4-2-3-5-18(17)14-19/h2-11,14-15H,12-13H2,1H3,(H,24,28)(H,25,30)(H,26,27,29). The van der Waals surface area contributed by atoms with Crippen LogP contribution in [0.2, 0.25) is 0 Å². The fourth-order valence-electron chi connectivity index (χ4n) is 2.97. The lowest BCUT2D eigenvalue weighted by molar-refractivity contribution is 0.0955. The predicted octanol–water partition coefficient (Wildman–Crippen LogP) is 3.92. The molecule has 0 spiro atoms. The molecule has 150 valence electrons. The highest BCUT2D eigenvalue weighted by molar-refractivity contribution is 5.98. The number of amides is 1. The molecule has 0 unspecified atom stereocenters. The van der Waals surface area contributed by atoms with Crippen molar-refractivity contribution in [1.29, 1.82) is 0 Å². The number of pyridine rings is 1. The van der Waals surface area contributed by atoms with Crippen LogP contribution in [0, 0.1) is 6.92 Å². The third kappa shape index (κ3) is 4.88. The zero-order valence-corrected chi connectivity index (χ0v) is 16.6. The molecule has 4 aromatic rings. The number of aryl methyl sites for hydroxylation is 1. The Morgan fingerprint density at radius 1 is 0.833 bits per heavy atom. The van der Waals surface area contributed by atoms with Crippen LogP contribution in [0.4, 0.5) is 17.5 Å². The number of nitrogens with one attached hydrogen (secondary N) is 3. The Kier molecular flexibility index (Phi) is 5.80. The molecule has 2 heterocycles. The van der Waals surface area contributed by atoms with Gasteiger partial charge in [0, 0.05) is 24.8 Å². The van der Waals surface area contributed by atoms with Crippen molar-refractivity contribution in [3.63, 3.8) is 0 Å². The zero-order chi connectivity index (χ0) is 20.8. The minimum absolute atomic E-state index is 0.0983. The Bertz CT molecular complexity index is 1140. The van der Waals surface area contributed by atoms with E-state index in [0.29, 0.717) is 36.1 Å². The molecule has 2 aromatic heterocycles. The van der Waals surface area contributed by atoms with Crippen molar-refractivity contribution in [2.75, 3.05) is 23.7 Å². The van der Waals surface area contributed by atoms with Crippen molar-refractivity contribution in [2.24, 2.45) is 0 Å². The molecule has 7 heteroatoms. The van der Waals surface area contributed by atoms with Crippen LogP contribution in [0.3, 0.4) is 0 Å². The molecule has 0 aliphatic rings. The number of rotatable bonds is 7. The van der Waals surface area contributed by atoms with Gasteiger partial charge in [-0.05, 0) is 53.6 Å². The maximum Gasteiger partial charge on any atom is 0.251 e. The lowest BCUT2D eigenvalue weighted by Crippen LogP contribution is -2.28. The molecule has 0 aliphatic heterocycles. The topological polar surface area (TPSA) is 91.8 Å². The highest BCUT2D eigenvalue weighted by Gasteiger charge is 2.06. The number of nitrogens with zero attached hydrogens (tertiary/aromatic N) is 3. The lowest BCUT2D eigenvalue weighted by Gasteiger charge is -2.09. The van der Waals surface area contributed by atoms with Gasteiger partial charge in [-0.25, -0.2) is 4.98 Å². The second kappa shape index (κ2) is 9.00. The van der Waals surface area contributed by atoms with Crippen LogP contribution >= 0.6 is 0 Å². The average Bonchev–Trinajstić information content (AvgIpc) is 2.79. The molecule has 7 nitrogen and oxygen atoms in total. The molecule has 0 aliphatic carbocycles. The summed E-state index contributed by atoms with van der Waals surface area (Å²) >= 11 is 0. The largest absolute Gasteiger partial charge is 0.367 e. The maximum absolute atomic E-state index is 12.4. The summed E-state index contributed by atoms with van der Waals surface area (Å²) in [6.07, 6.45) is 1.79. The fourth-order valence-corrected chi connectivity index (χ4v) is 2.97. The number of anilines is 3. The number of fused-ring (bicyclic) bond motifs is 1. The summed E-state index contributed by atoms with van der Waals surface area (Å²) in [6.45, 7) is 3.00. The SMILES string of the molecule is Cc1ccc(Nc2ccc(NCCNC(=O)c3ccc4ccccc4c3)nn2)nc1. The van der Waals surface area contributed by atoms with Crippen molar-refractivity contribution < 1.29 is 4.79 Å². The highest BCUT2D eigenvalue weighted by Crippen LogP contribution is 2.15. The third-order valence-corrected chi connectivity index (χ3v) is 4.56. The van der Waals surface area contributed by atoms with Gasteiger partial charge in [0.2, 0.25) is 0 Å². The number of hydrogen-bond acceptors (Lipinski definition) is 6. The van der Waals surface area contributed by atoms with Crippen LogP contribution in [-0.2, 0) is 0 Å². The normalized spacial score (nSPS) is 10.6. The smallest absolute Gasteiger partial charge is 0.251 e. The molecule has 0 saturated heterocycles. The van der Waals surface area contributed by atoms with Crippen molar-refractivity contribution in [2.45, 2.75) is 6.92 Å². The summed E-state index contributed by atoms with van der Waals surface area (Å²) in [5.41, 5.74) is 1.74. The lowest BCUT2D eigenvalue weighted by atomic mass is 10.1. The van der Waals surface area contributed by atoms with Crippen molar-refractivity contribution in [1.82, 2.24) is 20.5 Å². The Hall–Kier alpha value is -4.00. The van der Waals surface area contributed by atoms with E-state index in [-0.39, 0.29) is 5.91 Å². The molecule has 4 rings (SSSR count). The van der Waals surface area contributed by atoms with Crippen molar-refractivity contribution in [3.05, 3.63) is 84.1 Å². The van der Waals surface area contributed by atoms with Crippen LogP contribution in [0.1, 0.15) is 15.9 Å². The summed E-state index contributed by atoms with van der Waals surface area (Å²) in [5, 5.41) is 19.6. The van der Waals surface area contributed by atoms with Gasteiger partial charge in [0.05, 0.1) is 0 Å². The van der Waals surface area contributed by atoms with Gasteiger partial charge in [-0.1, -0.05) is 36.4 Å². The molecule has 0 saturated carbocycles. The van der Waals surface area contributed by atoms with Gasteiger partial charge in [0.25, 0.3) is 5.91 Å². The van der Waals surface area contributed by atoms with E-state index < -0.39 is 0 Å². The Labute approximate surface area is 174 Å². The van der Waals surface area contributed by atoms with Crippen LogP contribution in [0.25, 0.3) is 10.8 Å². The first kappa shape index (κ1) is 19.3. The number of benzene rings is 2. The molecular weight excluding hydrogens is 376 g/mol. The monoisotopic (exact) mass is 398 g/mol. The Morgan fingerprint density at radius 3 is 2.37 bits per heavy atom. The van der Waals surface area contributed by atoms with E-state index in [1.54, 1.807) is 6.20 Å². The molecule has 0 bridgehead atoms. The average molecular weight is 398 g/mol. The predicted molar refractivity (Wildman–Crippen MR) is 119 cm³/mol. The fraction of sp³-hybridized carbons (Fsp3) is 0.130. The molecule has 0 fully saturated rings. The quantitative estimate of drug-likeness (QED) is 0.409. The van der Waals surface area contributed by atoms with Gasteiger partial charge in [-0.15, -0.1) is 10.2 Å². The number of carbonyl (C=O) groups is 1. The first-order valence-corrected chi connectivity index (χ1v) is 9.72. The summed E-state index contributed by atoms with van der Waals surface area (Å²) in [5.74, 6) is 1.87. The minimum atomic E-state index is -0.0983. The van der Waals surface area contributed by atoms with Gasteiger partial charge >= 0.3 is 0 Å². The second-order valence-corrected chi connectivity index (χ2v) is 6.89. The van der Waals surface area contributed by atoms with Gasteiger partial charge in [-0.2, -0.15) is 0 Å². The van der Waals surface area contributed by atoms with Gasteiger partial charge < -0.3 is 16.0 Å². The molecule has 2 aromatic carbocycles. The third-order valence-electron chi connectivity index (χ3n) is 4.56. The van der Waals surface area contributed by atoms with E-state index in [4.69, 9.17) is 0 Å². The molecule has 0 radical (unpaired) electrons. The maximum atomic E-state index is 12.4. The van der Waals surface area contributed by atoms with Crippen molar-refractivity contribution in [3.8, 4) is 0 Å². The molecular formula is C23H22N6O. The highest BCUT2D eigenvalue weighted by atomic mass is 16.1. The zero-order valence-electron chi connectivity index (χ0n) is 16.6. The van der Waals surface area contributed by atoms with E-state index in [0.717, 1.165) is 16.3 Å². The van der Waals surface area contributed by atoms with E-state index in [9.17, 15) is 4.79 Å². The molecule has 1 amide bonds. The Morgan fingerprint density at radius 2 is 1.60 bits per heavy atom. The van der Waals surface area contributed by atoms with Crippen LogP contribution < -0.4 is 16.0 Å². The summed E-state index contributed by atoms with van der Waals surface area (Å²) in [6, 6.07) is 21.2. The van der Waals surface area contributed by atoms with Gasteiger partial charge in [0.1, 0.15) is 11.6 Å². The summed E-state index contributed by atoms with van der Waals surface area (Å²) in [7, 11) is 0. The van der Waals surface area contributed by atoms with E-state index in [1.807, 2.05) is 73.7 Å². The Balaban J connectivity index is 1.24. The van der Waals surface area contributed by atoms with E-state index >= 15 is 0 Å². The van der Waals surface area contributed by atoms with Crippen LogP contribution in [-0.4, -0.2) is 34.2 Å². The summed E-state index contributed by atoms with van der Waals surface area (Å²) < 4.78 is 0. The van der Waals surface area contributed by atoms with Crippen LogP contribution in [0.5, 0.6) is 0 Å². The molecule has 0 atom stereocenters. The number of hydrogen-bond donors (Lipinski definition) is 3. The second-order valence-electron chi connectivity index (χ2n) is 6.89. The van der Waals surface area contributed by atoms with Crippen LogP contribution in [0.15, 0.2) is 72.9 Å².